The number of hydrogen-bond acceptors (Lipinski definition) is 0. The number of rotatable bonds is 0. The van der Waals surface area contributed by atoms with E-state index in [0.29, 0.717) is 0 Å². The van der Waals surface area contributed by atoms with Crippen molar-refractivity contribution in [2.75, 3.05) is 0 Å². The third-order valence-electron chi connectivity index (χ3n) is 0. The van der Waals surface area contributed by atoms with E-state index in [4.69, 9.17) is 0 Å². The molecule has 0 amide bonds. The van der Waals surface area contributed by atoms with Crippen molar-refractivity contribution >= 4 is 6.70 Å². The van der Waals surface area contributed by atoms with E-state index in [1.807, 2.05) is 0 Å². The second kappa shape index (κ2) is 2.06. The molecule has 0 fully saturated rings. The fraction of sp³-hybridized carbons (Fsp3) is 1.00. The quantitative estimate of drug-likeness (QED) is 0.403. The molecule has 0 saturated carbocycles. The van der Waals surface area contributed by atoms with Gasteiger partial charge in [-0.2, -0.15) is 0 Å². The van der Waals surface area contributed by atoms with Gasteiger partial charge in [0.05, 0.1) is 0 Å². The predicted octanol–water partition coefficient (Wildman–Crippen LogP) is 0.784. The Morgan fingerprint density at radius 1 is 1.50 bits per heavy atom. The molecule has 21 valence electrons. The van der Waals surface area contributed by atoms with E-state index in [1.54, 1.807) is 0 Å². The Labute approximate surface area is 36.6 Å². The molecule has 0 aromatic heterocycles. The second-order valence-corrected chi connectivity index (χ2v) is 7.03. The molecule has 4 heavy (non-hydrogen) atoms. The molecular weight excluding hydrogens is 103 g/mol. The van der Waals surface area contributed by atoms with Gasteiger partial charge in [-0.15, -0.1) is 0 Å². The standard InChI is InChI=1S/C2H6Si.V/c1-3-2;/h1-2H3;/q;+2. The van der Waals surface area contributed by atoms with Gasteiger partial charge in [-0.05, 0) is 0 Å². The third kappa shape index (κ3) is 14.2. The summed E-state index contributed by atoms with van der Waals surface area (Å²) in [6.45, 7) is 4.54. The van der Waals surface area contributed by atoms with Gasteiger partial charge in [0.1, 0.15) is 0 Å². The van der Waals surface area contributed by atoms with E-state index in [0.717, 1.165) is 0 Å². The zero-order valence-electron chi connectivity index (χ0n) is 2.95. The van der Waals surface area contributed by atoms with Crippen LogP contribution in [0.4, 0.5) is 0 Å². The topological polar surface area (TPSA) is 0 Å². The van der Waals surface area contributed by atoms with Crippen molar-refractivity contribution < 1.29 is 16.3 Å². The van der Waals surface area contributed by atoms with Gasteiger partial charge >= 0.3 is 36.1 Å². The normalized spacial score (nSPS) is 7.00. The summed E-state index contributed by atoms with van der Waals surface area (Å²) in [5.41, 5.74) is 0. The zero-order chi connectivity index (χ0) is 3.58. The maximum atomic E-state index is 2.64. The molecule has 0 aliphatic carbocycles. The van der Waals surface area contributed by atoms with Crippen molar-refractivity contribution in [3.8, 4) is 0 Å². The van der Waals surface area contributed by atoms with E-state index in [9.17, 15) is 0 Å². The van der Waals surface area contributed by atoms with E-state index in [2.05, 4.69) is 29.3 Å². The van der Waals surface area contributed by atoms with Crippen LogP contribution < -0.4 is 0 Å². The fourth-order valence-electron chi connectivity index (χ4n) is 0. The summed E-state index contributed by atoms with van der Waals surface area (Å²) in [6.07, 6.45) is 0. The van der Waals surface area contributed by atoms with Gasteiger partial charge in [-0.25, -0.2) is 0 Å². The van der Waals surface area contributed by atoms with E-state index in [1.165, 1.54) is 0 Å². The molecule has 0 unspecified atom stereocenters. The molecule has 0 aromatic carbocycles. The maximum absolute atomic E-state index is 2.64. The number of hydrogen-bond donors (Lipinski definition) is 0. The van der Waals surface area contributed by atoms with E-state index >= 15 is 0 Å². The Bertz CT molecular complexity index is 29.0. The van der Waals surface area contributed by atoms with E-state index < -0.39 is 0 Å². The van der Waals surface area contributed by atoms with Crippen LogP contribution in [0.1, 0.15) is 0 Å². The molecule has 0 heterocycles. The molecule has 0 atom stereocenters. The molecule has 0 aliphatic rings. The van der Waals surface area contributed by atoms with Crippen molar-refractivity contribution in [3.05, 3.63) is 0 Å². The minimum absolute atomic E-state index is 0.0579. The third-order valence-corrected chi connectivity index (χ3v) is 0. The first-order chi connectivity index (χ1) is 1.73. The molecular formula is C2H6SiV+2. The molecule has 0 saturated heterocycles. The molecule has 0 aromatic rings. The molecule has 0 bridgehead atoms. The SMILES string of the molecule is C[Si](C)=[V+2]. The van der Waals surface area contributed by atoms with Crippen LogP contribution in [0, 0.1) is 0 Å². The van der Waals surface area contributed by atoms with Crippen LogP contribution >= 0.6 is 0 Å². The average molecular weight is 109 g/mol. The van der Waals surface area contributed by atoms with Crippen molar-refractivity contribution in [2.24, 2.45) is 0 Å². The van der Waals surface area contributed by atoms with Gasteiger partial charge in [-0.1, -0.05) is 0 Å². The van der Waals surface area contributed by atoms with Gasteiger partial charge in [0.25, 0.3) is 0 Å². The van der Waals surface area contributed by atoms with Crippen LogP contribution in [-0.2, 0) is 16.3 Å². The molecule has 0 spiro atoms. The van der Waals surface area contributed by atoms with Crippen molar-refractivity contribution in [3.63, 3.8) is 0 Å². The monoisotopic (exact) mass is 109 g/mol. The van der Waals surface area contributed by atoms with E-state index in [-0.39, 0.29) is 6.70 Å². The van der Waals surface area contributed by atoms with Crippen LogP contribution in [0.15, 0.2) is 0 Å². The van der Waals surface area contributed by atoms with Crippen molar-refractivity contribution in [2.45, 2.75) is 13.1 Å². The van der Waals surface area contributed by atoms with Crippen LogP contribution in [-0.4, -0.2) is 6.70 Å². The molecule has 0 aliphatic heterocycles. The summed E-state index contributed by atoms with van der Waals surface area (Å²) >= 11 is 2.64. The summed E-state index contributed by atoms with van der Waals surface area (Å²) in [5.74, 6) is 0. The fourth-order valence-corrected chi connectivity index (χ4v) is 0. The van der Waals surface area contributed by atoms with Gasteiger partial charge < -0.3 is 0 Å². The minimum atomic E-state index is 0.0579. The molecule has 0 N–H and O–H groups in total. The van der Waals surface area contributed by atoms with Crippen LogP contribution in [0.5, 0.6) is 0 Å². The van der Waals surface area contributed by atoms with Crippen LogP contribution in [0.2, 0.25) is 13.1 Å². The van der Waals surface area contributed by atoms with Gasteiger partial charge in [0.15, 0.2) is 0 Å². The summed E-state index contributed by atoms with van der Waals surface area (Å²) in [5, 5.41) is 0. The Morgan fingerprint density at radius 3 is 1.50 bits per heavy atom. The Hall–Kier alpha value is 0.801. The van der Waals surface area contributed by atoms with Crippen molar-refractivity contribution in [1.29, 1.82) is 0 Å². The Balaban J connectivity index is 2.80. The van der Waals surface area contributed by atoms with Crippen molar-refractivity contribution in [1.82, 2.24) is 0 Å². The summed E-state index contributed by atoms with van der Waals surface area (Å²) in [6, 6.07) is 0. The second-order valence-electron chi connectivity index (χ2n) is 0.947. The Morgan fingerprint density at radius 2 is 1.50 bits per heavy atom. The van der Waals surface area contributed by atoms with Crippen LogP contribution in [0.25, 0.3) is 0 Å². The Kier molecular flexibility index (Phi) is 2.48. The molecule has 2 heteroatoms. The van der Waals surface area contributed by atoms with Crippen LogP contribution in [0.3, 0.4) is 0 Å². The molecule has 0 nitrogen and oxygen atoms in total. The average Bonchev–Trinajstić information content (AvgIpc) is 0.811. The summed E-state index contributed by atoms with van der Waals surface area (Å²) in [4.78, 5) is 0. The first kappa shape index (κ1) is 4.80. The van der Waals surface area contributed by atoms with Gasteiger partial charge in [0, 0.05) is 0 Å². The predicted molar refractivity (Wildman–Crippen MR) is 17.5 cm³/mol. The molecule has 0 rings (SSSR count). The van der Waals surface area contributed by atoms with Gasteiger partial charge in [0.2, 0.25) is 0 Å². The summed E-state index contributed by atoms with van der Waals surface area (Å²) in [7, 11) is 0. The first-order valence-corrected chi connectivity index (χ1v) is 5.77. The summed E-state index contributed by atoms with van der Waals surface area (Å²) < 4.78 is 0. The van der Waals surface area contributed by atoms with Gasteiger partial charge in [-0.3, -0.25) is 0 Å². The zero-order valence-corrected chi connectivity index (χ0v) is 5.34. The molecule has 0 radical (unpaired) electrons. The first-order valence-electron chi connectivity index (χ1n) is 1.22.